The smallest absolute Gasteiger partial charge is 0.338 e. The van der Waals surface area contributed by atoms with E-state index in [1.807, 2.05) is 104 Å². The number of aliphatic hydroxyl groups is 3. The molecule has 4 rings (SSSR count). The highest BCUT2D eigenvalue weighted by Crippen LogP contribution is 2.42. The molecule has 3 amide bonds. The van der Waals surface area contributed by atoms with Crippen LogP contribution in [0.4, 0.5) is 0 Å². The summed E-state index contributed by atoms with van der Waals surface area (Å²) in [6.07, 6.45) is 14.7. The second kappa shape index (κ2) is 51.4. The average Bonchev–Trinajstić information content (AvgIpc) is 0.785. The number of aliphatic hydroxyl groups excluding tert-OH is 3. The van der Waals surface area contributed by atoms with E-state index in [9.17, 15) is 59.7 Å². The first-order valence-electron chi connectivity index (χ1n) is 38.6. The van der Waals surface area contributed by atoms with Crippen LogP contribution in [0, 0.1) is 68.5 Å². The minimum Gasteiger partial charge on any atom is -0.508 e. The molecule has 107 heavy (non-hydrogen) atoms. The van der Waals surface area contributed by atoms with Crippen LogP contribution in [0.25, 0.3) is 0 Å². The molecule has 624 valence electrons. The van der Waals surface area contributed by atoms with Gasteiger partial charge in [-0.05, 0) is 163 Å². The maximum Gasteiger partial charge on any atom is 0.338 e. The first-order valence-corrected chi connectivity index (χ1v) is 38.6. The molecule has 0 aromatic heterocycles. The summed E-state index contributed by atoms with van der Waals surface area (Å²) in [5, 5.41) is 77.7. The summed E-state index contributed by atoms with van der Waals surface area (Å²) in [5.41, 5.74) is 1.48. The van der Waals surface area contributed by atoms with E-state index >= 15 is 0 Å². The van der Waals surface area contributed by atoms with Crippen LogP contribution in [0.1, 0.15) is 307 Å². The Bertz CT molecular complexity index is 2850. The highest BCUT2D eigenvalue weighted by Gasteiger charge is 2.39. The maximum absolute atomic E-state index is 11.7. The second-order valence-electron chi connectivity index (χ2n) is 38.0. The number of aryl methyl sites for hydroxylation is 1. The Morgan fingerprint density at radius 2 is 1.13 bits per heavy atom. The van der Waals surface area contributed by atoms with Gasteiger partial charge < -0.3 is 76.0 Å². The van der Waals surface area contributed by atoms with E-state index in [0.717, 1.165) is 51.6 Å². The van der Waals surface area contributed by atoms with Crippen LogP contribution >= 0.6 is 0 Å². The highest BCUT2D eigenvalue weighted by molar-refractivity contribution is 5.91. The Morgan fingerprint density at radius 3 is 1.46 bits per heavy atom. The van der Waals surface area contributed by atoms with Crippen molar-refractivity contribution in [1.82, 2.24) is 21.3 Å². The number of terminal acetylenes is 1. The molecule has 2 aromatic carbocycles. The predicted molar refractivity (Wildman–Crippen MR) is 441 cm³/mol. The third-order valence-electron chi connectivity index (χ3n) is 16.1. The number of fused-ring (bicyclic) bond motifs is 1. The van der Waals surface area contributed by atoms with Gasteiger partial charge in [-0.2, -0.15) is 0 Å². The van der Waals surface area contributed by atoms with Crippen LogP contribution in [0.3, 0.4) is 0 Å². The summed E-state index contributed by atoms with van der Waals surface area (Å²) in [4.78, 5) is 55.7. The fourth-order valence-electron chi connectivity index (χ4n) is 9.32. The number of hydrogen-bond acceptors (Lipinski definition) is 17. The Kier molecular flexibility index (Phi) is 52.6. The van der Waals surface area contributed by atoms with Gasteiger partial charge in [0.1, 0.15) is 35.1 Å². The Morgan fingerprint density at radius 1 is 0.664 bits per heavy atom. The zero-order chi connectivity index (χ0) is 85.3. The zero-order valence-electron chi connectivity index (χ0n) is 73.8. The Labute approximate surface area is 651 Å². The van der Waals surface area contributed by atoms with Crippen LogP contribution in [0.2, 0.25) is 0 Å². The summed E-state index contributed by atoms with van der Waals surface area (Å²) in [7, 11) is 1.84. The number of carbonyl (C=O) groups excluding carboxylic acids is 5. The summed E-state index contributed by atoms with van der Waals surface area (Å²) in [6, 6.07) is 5.39. The van der Waals surface area contributed by atoms with Gasteiger partial charge >= 0.3 is 11.9 Å². The van der Waals surface area contributed by atoms with Crippen molar-refractivity contribution in [2.24, 2.45) is 49.2 Å². The van der Waals surface area contributed by atoms with Gasteiger partial charge in [-0.15, -0.1) is 6.42 Å². The lowest BCUT2D eigenvalue weighted by Gasteiger charge is -2.38. The van der Waals surface area contributed by atoms with Crippen molar-refractivity contribution in [2.75, 3.05) is 39.8 Å². The molecule has 0 aliphatic carbocycles. The Hall–Kier alpha value is -6.11. The number of aromatic hydroxyl groups is 4. The van der Waals surface area contributed by atoms with Gasteiger partial charge in [-0.3, -0.25) is 19.2 Å². The molecular formula is C87H160N4O16. The summed E-state index contributed by atoms with van der Waals surface area (Å²) in [6.45, 7) is 74.0. The molecule has 20 nitrogen and oxygen atoms in total. The lowest BCUT2D eigenvalue weighted by atomic mass is 9.82. The summed E-state index contributed by atoms with van der Waals surface area (Å²) in [5.74, 6) is 1.96. The number of amides is 3. The molecule has 0 radical (unpaired) electrons. The molecule has 2 heterocycles. The zero-order valence-corrected chi connectivity index (χ0v) is 73.8. The Balaban J connectivity index is -0.000000370. The highest BCUT2D eigenvalue weighted by atomic mass is 16.6. The fourth-order valence-corrected chi connectivity index (χ4v) is 9.32. The quantitative estimate of drug-likeness (QED) is 0.0322. The van der Waals surface area contributed by atoms with E-state index in [1.54, 1.807) is 27.7 Å². The van der Waals surface area contributed by atoms with E-state index in [1.165, 1.54) is 43.2 Å². The molecule has 1 saturated heterocycles. The number of rotatable bonds is 16. The molecule has 0 bridgehead atoms. The molecular weight excluding hydrogens is 1360 g/mol. The molecule has 2 aliphatic rings. The molecule has 5 unspecified atom stereocenters. The van der Waals surface area contributed by atoms with Gasteiger partial charge in [0.2, 0.25) is 17.7 Å². The monoisotopic (exact) mass is 1520 g/mol. The number of esters is 2. The van der Waals surface area contributed by atoms with Crippen LogP contribution in [-0.2, 0) is 39.8 Å². The summed E-state index contributed by atoms with van der Waals surface area (Å²) < 4.78 is 22.0. The molecule has 0 saturated carbocycles. The standard InChI is InChI=1S/C13H18O4.C13H24O3.C12H16O4.C10H17NO.C9H19NO.C9H17NO.C7H17NO.C7H16O.C7H16/c1-13(2,3)12-10(16)6-8-9(15)4-7(14)5-11(8)17-12;1-6-11-9(2)7-10(8-15-11)16-12(14)13(3,4)5;1-7-5-8(6-9(13)10(7)14)11(15)16-12(2,3)4;1-5-6-9(12)11-8-7-10(2,3)4;2*1-5-8(11)10-7-6-9(2,3)4;1-7(2,3)6(9)5-8-4;1-5-6(8)7(2,3)4;1-5-6-7(2,3)4/h4-5,10,12,14-16H,6H2,1-3H3;9-11H,6-8H2,1-5H3;5-6,13-14H,1-4H3;1H,6-8H2,2-4H3,(H,11,12);5-7H2,1-4H3,(H,10,11);5H,1,6-7H2,2-4H3,(H,10,11);6,8-9H,5H2,1-4H3;6,8H,5H2,1-4H3;5-6H2,1-4H3/t;9-,10?,11+;;;;;;;/m.0......./s1. The van der Waals surface area contributed by atoms with Crippen molar-refractivity contribution in [3.8, 4) is 41.1 Å². The van der Waals surface area contributed by atoms with Crippen molar-refractivity contribution >= 4 is 29.7 Å². The van der Waals surface area contributed by atoms with Crippen molar-refractivity contribution in [3.63, 3.8) is 0 Å². The lowest BCUT2D eigenvalue weighted by molar-refractivity contribution is -0.171. The van der Waals surface area contributed by atoms with E-state index in [-0.39, 0.29) is 110 Å². The van der Waals surface area contributed by atoms with Gasteiger partial charge in [0.05, 0.1) is 48.4 Å². The number of carbonyl (C=O) groups is 5. The minimum absolute atomic E-state index is 0.00299. The first kappa shape index (κ1) is 109. The lowest BCUT2D eigenvalue weighted by Crippen LogP contribution is -2.46. The van der Waals surface area contributed by atoms with Gasteiger partial charge in [-0.25, -0.2) is 4.79 Å². The van der Waals surface area contributed by atoms with Gasteiger partial charge in [-0.1, -0.05) is 199 Å². The van der Waals surface area contributed by atoms with E-state index < -0.39 is 23.1 Å². The van der Waals surface area contributed by atoms with Gasteiger partial charge in [0.15, 0.2) is 11.5 Å². The normalized spacial score (nSPS) is 16.9. The topological polar surface area (TPSA) is 312 Å². The average molecular weight is 1520 g/mol. The first-order chi connectivity index (χ1) is 48.2. The van der Waals surface area contributed by atoms with Crippen molar-refractivity contribution in [2.45, 2.75) is 341 Å². The fraction of sp³-hybridized carbons (Fsp3) is 0.759. The van der Waals surface area contributed by atoms with Crippen LogP contribution < -0.4 is 26.0 Å². The van der Waals surface area contributed by atoms with Crippen molar-refractivity contribution in [1.29, 1.82) is 0 Å². The van der Waals surface area contributed by atoms with E-state index in [4.69, 9.17) is 25.4 Å². The number of phenols is 4. The SMILES string of the molecule is C#CCC(=O)NCCC(C)(C)C.C=CC(=O)NCCC(C)(C)C.CC(C)(C)C1Oc2cc(O)cc(O)c2CC1O.CCC(=O)NCCC(C)(C)C.CCC(O)C(C)(C)C.CCCC(C)(C)C.CC[C@H]1OCC(OC(=O)C(C)(C)C)C[C@@H]1C.CNCC(O)C(C)(C)C.Cc1cc(C(=O)OC(C)(C)C)cc(O)c1O. The van der Waals surface area contributed by atoms with Crippen molar-refractivity contribution in [3.05, 3.63) is 53.6 Å². The molecule has 2 aromatic rings. The minimum atomic E-state index is -0.655. The molecule has 2 aliphatic heterocycles. The number of likely N-dealkylation sites (N-methyl/N-ethyl adjacent to an activating group) is 1. The molecule has 7 atom stereocenters. The molecule has 20 heteroatoms. The van der Waals surface area contributed by atoms with Gasteiger partial charge in [0.25, 0.3) is 0 Å². The number of benzene rings is 2. The molecule has 11 N–H and O–H groups in total. The van der Waals surface area contributed by atoms with E-state index in [0.29, 0.717) is 72.3 Å². The van der Waals surface area contributed by atoms with Crippen LogP contribution in [-0.4, -0.2) is 147 Å². The third kappa shape index (κ3) is 59.4. The van der Waals surface area contributed by atoms with Crippen molar-refractivity contribution < 1.29 is 78.7 Å². The van der Waals surface area contributed by atoms with E-state index in [2.05, 4.69) is 138 Å². The third-order valence-corrected chi connectivity index (χ3v) is 16.1. The number of ether oxygens (including phenoxy) is 4. The molecule has 0 spiro atoms. The maximum atomic E-state index is 11.7. The summed E-state index contributed by atoms with van der Waals surface area (Å²) >= 11 is 0. The molecule has 1 fully saturated rings. The number of nitrogens with one attached hydrogen (secondary N) is 4. The second-order valence-corrected chi connectivity index (χ2v) is 38.0. The largest absolute Gasteiger partial charge is 0.508 e. The van der Waals surface area contributed by atoms with Gasteiger partial charge in [0, 0.05) is 62.1 Å². The number of phenolic OH excluding ortho intramolecular Hbond substituents is 4. The van der Waals surface area contributed by atoms with Crippen LogP contribution in [0.15, 0.2) is 36.9 Å². The van der Waals surface area contributed by atoms with Crippen LogP contribution in [0.5, 0.6) is 28.7 Å². The predicted octanol–water partition coefficient (Wildman–Crippen LogP) is 17.4. The number of hydrogen-bond donors (Lipinski definition) is 11.